The zero-order valence-electron chi connectivity index (χ0n) is 8.48. The molecule has 1 aromatic heterocycles. The van der Waals surface area contributed by atoms with E-state index in [2.05, 4.69) is 9.97 Å². The lowest BCUT2D eigenvalue weighted by atomic mass is 10.2. The number of nitriles is 1. The average molecular weight is 265 g/mol. The van der Waals surface area contributed by atoms with Crippen LogP contribution in [-0.2, 0) is 0 Å². The van der Waals surface area contributed by atoms with Crippen LogP contribution in [0.15, 0.2) is 24.4 Å². The van der Waals surface area contributed by atoms with Crippen molar-refractivity contribution in [2.75, 3.05) is 5.73 Å². The van der Waals surface area contributed by atoms with Crippen molar-refractivity contribution in [3.8, 4) is 17.5 Å². The molecule has 0 saturated heterocycles. The van der Waals surface area contributed by atoms with E-state index in [9.17, 15) is 0 Å². The molecule has 0 aliphatic rings. The van der Waals surface area contributed by atoms with Gasteiger partial charge in [-0.25, -0.2) is 9.97 Å². The van der Waals surface area contributed by atoms with Gasteiger partial charge in [0, 0.05) is 10.6 Å². The van der Waals surface area contributed by atoms with Crippen molar-refractivity contribution >= 4 is 29.0 Å². The van der Waals surface area contributed by atoms with Crippen LogP contribution in [0.3, 0.4) is 0 Å². The molecule has 6 heteroatoms. The minimum atomic E-state index is 0.128. The number of nitrogens with zero attached hydrogens (tertiary/aromatic N) is 3. The number of benzene rings is 1. The third-order valence-electron chi connectivity index (χ3n) is 2.11. The lowest BCUT2D eigenvalue weighted by Crippen LogP contribution is -1.99. The van der Waals surface area contributed by atoms with Crippen molar-refractivity contribution in [3.63, 3.8) is 0 Å². The van der Waals surface area contributed by atoms with Gasteiger partial charge < -0.3 is 5.73 Å². The SMILES string of the molecule is N#Cc1cnc(-c2ccc(Cl)cc2Cl)nc1N. The summed E-state index contributed by atoms with van der Waals surface area (Å²) in [6, 6.07) is 6.87. The molecule has 0 bridgehead atoms. The minimum absolute atomic E-state index is 0.128. The quantitative estimate of drug-likeness (QED) is 0.860. The van der Waals surface area contributed by atoms with Crippen LogP contribution < -0.4 is 5.73 Å². The topological polar surface area (TPSA) is 75.6 Å². The number of hydrogen-bond acceptors (Lipinski definition) is 4. The van der Waals surface area contributed by atoms with Crippen molar-refractivity contribution in [1.82, 2.24) is 9.97 Å². The van der Waals surface area contributed by atoms with E-state index in [0.29, 0.717) is 21.4 Å². The summed E-state index contributed by atoms with van der Waals surface area (Å²) in [7, 11) is 0. The zero-order valence-corrected chi connectivity index (χ0v) is 10.00. The Balaban J connectivity index is 2.54. The van der Waals surface area contributed by atoms with Crippen molar-refractivity contribution in [2.24, 2.45) is 0 Å². The van der Waals surface area contributed by atoms with Crippen LogP contribution in [0.5, 0.6) is 0 Å². The Morgan fingerprint density at radius 2 is 2.06 bits per heavy atom. The number of nitrogens with two attached hydrogens (primary N) is 1. The first-order valence-corrected chi connectivity index (χ1v) is 5.35. The molecule has 0 atom stereocenters. The maximum Gasteiger partial charge on any atom is 0.163 e. The molecule has 4 nitrogen and oxygen atoms in total. The number of hydrogen-bond donors (Lipinski definition) is 1. The summed E-state index contributed by atoms with van der Waals surface area (Å²) in [5.74, 6) is 0.492. The van der Waals surface area contributed by atoms with E-state index in [-0.39, 0.29) is 11.4 Å². The monoisotopic (exact) mass is 264 g/mol. The zero-order chi connectivity index (χ0) is 12.4. The molecule has 1 heterocycles. The van der Waals surface area contributed by atoms with Crippen LogP contribution in [0.1, 0.15) is 5.56 Å². The Morgan fingerprint density at radius 1 is 1.29 bits per heavy atom. The predicted octanol–water partition coefficient (Wildman–Crippen LogP) is 2.90. The first kappa shape index (κ1) is 11.6. The van der Waals surface area contributed by atoms with Crippen molar-refractivity contribution in [2.45, 2.75) is 0 Å². The van der Waals surface area contributed by atoms with Gasteiger partial charge in [0.05, 0.1) is 11.2 Å². The van der Waals surface area contributed by atoms with Crippen molar-refractivity contribution < 1.29 is 0 Å². The number of rotatable bonds is 1. The van der Waals surface area contributed by atoms with Crippen LogP contribution in [0.25, 0.3) is 11.4 Å². The van der Waals surface area contributed by atoms with E-state index in [1.165, 1.54) is 6.20 Å². The molecule has 84 valence electrons. The molecular formula is C11H6Cl2N4. The first-order valence-electron chi connectivity index (χ1n) is 4.60. The first-order chi connectivity index (χ1) is 8.11. The van der Waals surface area contributed by atoms with Crippen LogP contribution in [0.4, 0.5) is 5.82 Å². The second-order valence-electron chi connectivity index (χ2n) is 3.23. The molecule has 17 heavy (non-hydrogen) atoms. The van der Waals surface area contributed by atoms with Gasteiger partial charge in [0.1, 0.15) is 17.5 Å². The molecule has 2 N–H and O–H groups in total. The van der Waals surface area contributed by atoms with E-state index in [0.717, 1.165) is 0 Å². The Morgan fingerprint density at radius 3 is 2.65 bits per heavy atom. The van der Waals surface area contributed by atoms with E-state index < -0.39 is 0 Å². The Labute approximate surface area is 108 Å². The molecular weight excluding hydrogens is 259 g/mol. The molecule has 1 aromatic carbocycles. The van der Waals surface area contributed by atoms with Crippen LogP contribution in [0.2, 0.25) is 10.0 Å². The summed E-state index contributed by atoms with van der Waals surface area (Å²) in [5, 5.41) is 9.68. The number of aromatic nitrogens is 2. The lowest BCUT2D eigenvalue weighted by molar-refractivity contribution is 1.17. The average Bonchev–Trinajstić information content (AvgIpc) is 2.29. The fourth-order valence-electron chi connectivity index (χ4n) is 1.28. The highest BCUT2D eigenvalue weighted by atomic mass is 35.5. The highest BCUT2D eigenvalue weighted by Crippen LogP contribution is 2.28. The molecule has 0 aliphatic carbocycles. The van der Waals surface area contributed by atoms with Gasteiger partial charge in [0.15, 0.2) is 5.82 Å². The van der Waals surface area contributed by atoms with Gasteiger partial charge in [-0.15, -0.1) is 0 Å². The van der Waals surface area contributed by atoms with Crippen LogP contribution in [-0.4, -0.2) is 9.97 Å². The van der Waals surface area contributed by atoms with Gasteiger partial charge in [-0.1, -0.05) is 23.2 Å². The normalized spacial score (nSPS) is 9.94. The lowest BCUT2D eigenvalue weighted by Gasteiger charge is -2.04. The standard InChI is InChI=1S/C11H6Cl2N4/c12-7-1-2-8(9(13)3-7)11-16-5-6(4-14)10(15)17-11/h1-3,5H,(H2,15,16,17). The van der Waals surface area contributed by atoms with E-state index in [1.54, 1.807) is 18.2 Å². The fraction of sp³-hybridized carbons (Fsp3) is 0. The molecule has 2 aromatic rings. The summed E-state index contributed by atoms with van der Waals surface area (Å²) >= 11 is 11.8. The van der Waals surface area contributed by atoms with Crippen LogP contribution in [0, 0.1) is 11.3 Å². The van der Waals surface area contributed by atoms with Gasteiger partial charge in [-0.2, -0.15) is 5.26 Å². The summed E-state index contributed by atoms with van der Waals surface area (Å²) in [5.41, 5.74) is 6.46. The number of halogens is 2. The summed E-state index contributed by atoms with van der Waals surface area (Å²) in [4.78, 5) is 8.05. The van der Waals surface area contributed by atoms with Gasteiger partial charge in [-0.3, -0.25) is 0 Å². The van der Waals surface area contributed by atoms with E-state index >= 15 is 0 Å². The maximum atomic E-state index is 8.72. The molecule has 0 aliphatic heterocycles. The molecule has 0 unspecified atom stereocenters. The van der Waals surface area contributed by atoms with Gasteiger partial charge >= 0.3 is 0 Å². The smallest absolute Gasteiger partial charge is 0.163 e. The van der Waals surface area contributed by atoms with Gasteiger partial charge in [0.25, 0.3) is 0 Å². The molecule has 0 saturated carbocycles. The van der Waals surface area contributed by atoms with Gasteiger partial charge in [0.2, 0.25) is 0 Å². The Bertz CT molecular complexity index is 619. The number of anilines is 1. The largest absolute Gasteiger partial charge is 0.382 e. The number of nitrogen functional groups attached to an aromatic ring is 1. The minimum Gasteiger partial charge on any atom is -0.382 e. The van der Waals surface area contributed by atoms with Gasteiger partial charge in [-0.05, 0) is 18.2 Å². The highest BCUT2D eigenvalue weighted by Gasteiger charge is 2.09. The second kappa shape index (κ2) is 4.58. The molecule has 0 radical (unpaired) electrons. The van der Waals surface area contributed by atoms with Crippen molar-refractivity contribution in [3.05, 3.63) is 40.0 Å². The van der Waals surface area contributed by atoms with E-state index in [4.69, 9.17) is 34.2 Å². The Kier molecular flexibility index (Phi) is 3.14. The Hall–Kier alpha value is -1.83. The third kappa shape index (κ3) is 2.31. The summed E-state index contributed by atoms with van der Waals surface area (Å²) in [6.07, 6.45) is 1.36. The van der Waals surface area contributed by atoms with Crippen LogP contribution >= 0.6 is 23.2 Å². The fourth-order valence-corrected chi connectivity index (χ4v) is 1.77. The van der Waals surface area contributed by atoms with Crippen molar-refractivity contribution in [1.29, 1.82) is 5.26 Å². The third-order valence-corrected chi connectivity index (χ3v) is 2.66. The van der Waals surface area contributed by atoms with E-state index in [1.807, 2.05) is 6.07 Å². The highest BCUT2D eigenvalue weighted by molar-refractivity contribution is 6.36. The summed E-state index contributed by atoms with van der Waals surface area (Å²) < 4.78 is 0. The second-order valence-corrected chi connectivity index (χ2v) is 4.07. The predicted molar refractivity (Wildman–Crippen MR) is 66.6 cm³/mol. The molecule has 0 spiro atoms. The summed E-state index contributed by atoms with van der Waals surface area (Å²) in [6.45, 7) is 0. The molecule has 0 amide bonds. The maximum absolute atomic E-state index is 8.72. The molecule has 0 fully saturated rings. The molecule has 2 rings (SSSR count).